The lowest BCUT2D eigenvalue weighted by Crippen LogP contribution is -2.43. The Morgan fingerprint density at radius 1 is 1.07 bits per heavy atom. The predicted molar refractivity (Wildman–Crippen MR) is 111 cm³/mol. The minimum Gasteiger partial charge on any atom is -0.336 e. The van der Waals surface area contributed by atoms with Gasteiger partial charge in [-0.2, -0.15) is 0 Å². The standard InChI is InChI=1S/C23H24N4O2/c1-2-18-16-26(14-11-21(28)27(18)15-17-7-4-3-5-8-17)23(29)19-9-6-10-20-22(19)25-13-12-24-20/h3-10,12-13,18H,2,11,14-16H2,1H3. The molecule has 4 rings (SSSR count). The van der Waals surface area contributed by atoms with E-state index < -0.39 is 0 Å². The number of aromatic nitrogens is 2. The molecule has 0 spiro atoms. The fourth-order valence-electron chi connectivity index (χ4n) is 3.89. The highest BCUT2D eigenvalue weighted by Crippen LogP contribution is 2.21. The van der Waals surface area contributed by atoms with Gasteiger partial charge in [0.15, 0.2) is 0 Å². The first-order valence-corrected chi connectivity index (χ1v) is 9.99. The van der Waals surface area contributed by atoms with E-state index in [9.17, 15) is 9.59 Å². The molecule has 6 heteroatoms. The van der Waals surface area contributed by atoms with Crippen molar-refractivity contribution in [1.82, 2.24) is 19.8 Å². The highest BCUT2D eigenvalue weighted by molar-refractivity contribution is 6.04. The van der Waals surface area contributed by atoms with Crippen molar-refractivity contribution in [2.75, 3.05) is 13.1 Å². The quantitative estimate of drug-likeness (QED) is 0.688. The molecule has 1 fully saturated rings. The molecule has 2 amide bonds. The van der Waals surface area contributed by atoms with Crippen LogP contribution in [-0.2, 0) is 11.3 Å². The summed E-state index contributed by atoms with van der Waals surface area (Å²) in [4.78, 5) is 38.6. The molecule has 1 saturated heterocycles. The second-order valence-electron chi connectivity index (χ2n) is 7.30. The van der Waals surface area contributed by atoms with Crippen LogP contribution in [0.3, 0.4) is 0 Å². The fraction of sp³-hybridized carbons (Fsp3) is 0.304. The average molecular weight is 388 g/mol. The van der Waals surface area contributed by atoms with Gasteiger partial charge in [0, 0.05) is 44.5 Å². The Kier molecular flexibility index (Phi) is 5.51. The zero-order valence-electron chi connectivity index (χ0n) is 16.5. The monoisotopic (exact) mass is 388 g/mol. The minimum absolute atomic E-state index is 0.0183. The topological polar surface area (TPSA) is 66.4 Å². The fourth-order valence-corrected chi connectivity index (χ4v) is 3.89. The largest absolute Gasteiger partial charge is 0.336 e. The third-order valence-corrected chi connectivity index (χ3v) is 5.47. The van der Waals surface area contributed by atoms with Gasteiger partial charge in [0.25, 0.3) is 5.91 Å². The summed E-state index contributed by atoms with van der Waals surface area (Å²) < 4.78 is 0. The van der Waals surface area contributed by atoms with Crippen molar-refractivity contribution in [1.29, 1.82) is 0 Å². The molecule has 0 N–H and O–H groups in total. The van der Waals surface area contributed by atoms with Gasteiger partial charge in [-0.25, -0.2) is 0 Å². The molecular formula is C23H24N4O2. The Hall–Kier alpha value is -3.28. The van der Waals surface area contributed by atoms with E-state index in [2.05, 4.69) is 16.9 Å². The van der Waals surface area contributed by atoms with Crippen LogP contribution >= 0.6 is 0 Å². The van der Waals surface area contributed by atoms with Crippen LogP contribution in [0, 0.1) is 0 Å². The molecule has 29 heavy (non-hydrogen) atoms. The van der Waals surface area contributed by atoms with Crippen LogP contribution in [0.1, 0.15) is 35.7 Å². The first-order valence-electron chi connectivity index (χ1n) is 9.99. The van der Waals surface area contributed by atoms with E-state index in [1.807, 2.05) is 47.4 Å². The zero-order chi connectivity index (χ0) is 20.2. The number of carbonyl (C=O) groups excluding carboxylic acids is 2. The summed E-state index contributed by atoms with van der Waals surface area (Å²) in [5, 5.41) is 0. The molecule has 1 aliphatic heterocycles. The van der Waals surface area contributed by atoms with Crippen LogP contribution in [0.5, 0.6) is 0 Å². The first kappa shape index (κ1) is 19.1. The molecule has 1 aromatic heterocycles. The lowest BCUT2D eigenvalue weighted by molar-refractivity contribution is -0.133. The molecule has 2 heterocycles. The van der Waals surface area contributed by atoms with Crippen LogP contribution in [-0.4, -0.2) is 50.7 Å². The number of para-hydroxylation sites is 1. The molecule has 0 bridgehead atoms. The van der Waals surface area contributed by atoms with Gasteiger partial charge in [0.1, 0.15) is 5.52 Å². The van der Waals surface area contributed by atoms with Crippen LogP contribution in [0.4, 0.5) is 0 Å². The number of benzene rings is 2. The second-order valence-corrected chi connectivity index (χ2v) is 7.30. The van der Waals surface area contributed by atoms with Gasteiger partial charge in [0.2, 0.25) is 5.91 Å². The van der Waals surface area contributed by atoms with Crippen molar-refractivity contribution < 1.29 is 9.59 Å². The van der Waals surface area contributed by atoms with Crippen molar-refractivity contribution >= 4 is 22.8 Å². The second kappa shape index (κ2) is 8.39. The summed E-state index contributed by atoms with van der Waals surface area (Å²) >= 11 is 0. The molecule has 0 aliphatic carbocycles. The molecule has 1 atom stereocenters. The average Bonchev–Trinajstić information content (AvgIpc) is 2.92. The number of fused-ring (bicyclic) bond motifs is 1. The lowest BCUT2D eigenvalue weighted by atomic mass is 10.1. The molecule has 2 aromatic carbocycles. The Morgan fingerprint density at radius 2 is 1.86 bits per heavy atom. The predicted octanol–water partition coefficient (Wildman–Crippen LogP) is 3.28. The van der Waals surface area contributed by atoms with Crippen LogP contribution in [0.25, 0.3) is 11.0 Å². The maximum absolute atomic E-state index is 13.3. The van der Waals surface area contributed by atoms with Gasteiger partial charge < -0.3 is 9.80 Å². The van der Waals surface area contributed by atoms with Crippen LogP contribution < -0.4 is 0 Å². The number of nitrogens with zero attached hydrogens (tertiary/aromatic N) is 4. The molecule has 0 saturated carbocycles. The third-order valence-electron chi connectivity index (χ3n) is 5.47. The highest BCUT2D eigenvalue weighted by atomic mass is 16.2. The SMILES string of the molecule is CCC1CN(C(=O)c2cccc3nccnc23)CCC(=O)N1Cc1ccccc1. The minimum atomic E-state index is -0.0936. The lowest BCUT2D eigenvalue weighted by Gasteiger charge is -2.31. The van der Waals surface area contributed by atoms with Gasteiger partial charge in [-0.15, -0.1) is 0 Å². The van der Waals surface area contributed by atoms with Gasteiger partial charge in [-0.05, 0) is 24.1 Å². The number of carbonyl (C=O) groups is 2. The highest BCUT2D eigenvalue weighted by Gasteiger charge is 2.31. The Labute approximate surface area is 170 Å². The number of hydrogen-bond acceptors (Lipinski definition) is 4. The molecule has 6 nitrogen and oxygen atoms in total. The summed E-state index contributed by atoms with van der Waals surface area (Å²) in [6, 6.07) is 15.4. The Morgan fingerprint density at radius 3 is 2.66 bits per heavy atom. The van der Waals surface area contributed by atoms with E-state index in [1.54, 1.807) is 23.4 Å². The molecule has 3 aromatic rings. The van der Waals surface area contributed by atoms with Gasteiger partial charge in [0.05, 0.1) is 11.1 Å². The van der Waals surface area contributed by atoms with Crippen molar-refractivity contribution in [2.45, 2.75) is 32.4 Å². The van der Waals surface area contributed by atoms with Crippen molar-refractivity contribution in [2.24, 2.45) is 0 Å². The van der Waals surface area contributed by atoms with Crippen molar-refractivity contribution in [3.63, 3.8) is 0 Å². The number of rotatable bonds is 4. The van der Waals surface area contributed by atoms with Gasteiger partial charge in [-0.3, -0.25) is 19.6 Å². The van der Waals surface area contributed by atoms with E-state index >= 15 is 0 Å². The van der Waals surface area contributed by atoms with Gasteiger partial charge >= 0.3 is 0 Å². The van der Waals surface area contributed by atoms with Crippen molar-refractivity contribution in [3.05, 3.63) is 72.1 Å². The first-order chi connectivity index (χ1) is 14.2. The van der Waals surface area contributed by atoms with E-state index in [0.29, 0.717) is 42.7 Å². The third kappa shape index (κ3) is 3.97. The summed E-state index contributed by atoms with van der Waals surface area (Å²) in [7, 11) is 0. The molecular weight excluding hydrogens is 364 g/mol. The normalized spacial score (nSPS) is 17.4. The zero-order valence-corrected chi connectivity index (χ0v) is 16.5. The van der Waals surface area contributed by atoms with E-state index in [0.717, 1.165) is 12.0 Å². The van der Waals surface area contributed by atoms with Crippen LogP contribution in [0.15, 0.2) is 60.9 Å². The Bertz CT molecular complexity index is 1020. The maximum atomic E-state index is 13.3. The van der Waals surface area contributed by atoms with E-state index in [-0.39, 0.29) is 17.9 Å². The van der Waals surface area contributed by atoms with Gasteiger partial charge in [-0.1, -0.05) is 43.3 Å². The molecule has 1 unspecified atom stereocenters. The number of amides is 2. The summed E-state index contributed by atoms with van der Waals surface area (Å²) in [5.74, 6) is -0.00220. The molecule has 148 valence electrons. The maximum Gasteiger partial charge on any atom is 0.256 e. The van der Waals surface area contributed by atoms with E-state index in [1.165, 1.54) is 0 Å². The molecule has 0 radical (unpaired) electrons. The smallest absolute Gasteiger partial charge is 0.256 e. The summed E-state index contributed by atoms with van der Waals surface area (Å²) in [6.07, 6.45) is 4.33. The Balaban J connectivity index is 1.59. The van der Waals surface area contributed by atoms with Crippen molar-refractivity contribution in [3.8, 4) is 0 Å². The molecule has 1 aliphatic rings. The summed E-state index contributed by atoms with van der Waals surface area (Å²) in [5.41, 5.74) is 2.93. The van der Waals surface area contributed by atoms with Crippen LogP contribution in [0.2, 0.25) is 0 Å². The van der Waals surface area contributed by atoms with E-state index in [4.69, 9.17) is 0 Å². The number of hydrogen-bond donors (Lipinski definition) is 0. The summed E-state index contributed by atoms with van der Waals surface area (Å²) in [6.45, 7) is 3.56.